The van der Waals surface area contributed by atoms with E-state index in [0.717, 1.165) is 36.2 Å². The molecule has 0 bridgehead atoms. The number of hydrogen-bond acceptors (Lipinski definition) is 4. The summed E-state index contributed by atoms with van der Waals surface area (Å²) in [4.78, 5) is 6.72. The van der Waals surface area contributed by atoms with Crippen molar-refractivity contribution in [2.45, 2.75) is 19.1 Å². The summed E-state index contributed by atoms with van der Waals surface area (Å²) in [5.41, 5.74) is 2.40. The second kappa shape index (κ2) is 8.83. The van der Waals surface area contributed by atoms with Gasteiger partial charge in [-0.1, -0.05) is 30.0 Å². The van der Waals surface area contributed by atoms with Crippen molar-refractivity contribution >= 4 is 47.4 Å². The van der Waals surface area contributed by atoms with Crippen LogP contribution in [-0.4, -0.2) is 41.6 Å². The second-order valence-electron chi connectivity index (χ2n) is 4.94. The smallest absolute Gasteiger partial charge is 0.161 e. The Balaban J connectivity index is 0.00000110. The number of benzene rings is 1. The van der Waals surface area contributed by atoms with Gasteiger partial charge in [-0.15, -0.1) is 24.8 Å². The Hall–Kier alpha value is -0.490. The third kappa shape index (κ3) is 5.02. The van der Waals surface area contributed by atoms with Crippen molar-refractivity contribution in [1.29, 1.82) is 0 Å². The Morgan fingerprint density at radius 3 is 2.90 bits per heavy atom. The van der Waals surface area contributed by atoms with Crippen molar-refractivity contribution in [3.05, 3.63) is 29.8 Å². The third-order valence-corrected chi connectivity index (χ3v) is 4.40. The van der Waals surface area contributed by atoms with Crippen molar-refractivity contribution in [1.82, 2.24) is 4.90 Å². The molecular formula is C14H20Cl2FN3S. The molecule has 118 valence electrons. The summed E-state index contributed by atoms with van der Waals surface area (Å²) in [6.45, 7) is 3.18. The fraction of sp³-hybridized carbons (Fsp3) is 0.500. The van der Waals surface area contributed by atoms with Gasteiger partial charge < -0.3 is 5.32 Å². The number of nitrogens with zero attached hydrogens (tertiary/aromatic N) is 2. The number of thioether (sulfide) groups is 1. The summed E-state index contributed by atoms with van der Waals surface area (Å²) in [6.07, 6.45) is 0.0686. The molecule has 1 N–H and O–H groups in total. The van der Waals surface area contributed by atoms with Crippen LogP contribution in [-0.2, 0) is 6.54 Å². The normalized spacial score (nSPS) is 20.6. The van der Waals surface area contributed by atoms with Gasteiger partial charge in [0.2, 0.25) is 0 Å². The number of aliphatic imine (C=N–C) groups is 1. The lowest BCUT2D eigenvalue weighted by molar-refractivity contribution is 0.299. The first-order valence-electron chi connectivity index (χ1n) is 6.70. The van der Waals surface area contributed by atoms with E-state index in [4.69, 9.17) is 0 Å². The van der Waals surface area contributed by atoms with Crippen LogP contribution in [0.4, 0.5) is 10.1 Å². The zero-order chi connectivity index (χ0) is 13.1. The number of anilines is 1. The van der Waals surface area contributed by atoms with Crippen LogP contribution in [0.5, 0.6) is 0 Å². The van der Waals surface area contributed by atoms with Gasteiger partial charge >= 0.3 is 0 Å². The van der Waals surface area contributed by atoms with E-state index < -0.39 is 6.17 Å². The maximum absolute atomic E-state index is 13.0. The van der Waals surface area contributed by atoms with Crippen molar-refractivity contribution in [3.8, 4) is 0 Å². The molecular weight excluding hydrogens is 332 g/mol. The van der Waals surface area contributed by atoms with Gasteiger partial charge in [0.1, 0.15) is 6.17 Å². The average molecular weight is 352 g/mol. The largest absolute Gasteiger partial charge is 0.335 e. The van der Waals surface area contributed by atoms with E-state index >= 15 is 0 Å². The molecule has 2 heterocycles. The molecule has 3 nitrogen and oxygen atoms in total. The van der Waals surface area contributed by atoms with Gasteiger partial charge in [-0.05, 0) is 18.1 Å². The number of alkyl halides is 1. The zero-order valence-corrected chi connectivity index (χ0v) is 14.1. The predicted molar refractivity (Wildman–Crippen MR) is 94.1 cm³/mol. The Labute approximate surface area is 141 Å². The number of rotatable bonds is 3. The van der Waals surface area contributed by atoms with E-state index in [0.29, 0.717) is 13.0 Å². The van der Waals surface area contributed by atoms with Crippen molar-refractivity contribution in [2.75, 3.05) is 30.7 Å². The van der Waals surface area contributed by atoms with E-state index in [1.807, 2.05) is 12.1 Å². The molecule has 0 spiro atoms. The van der Waals surface area contributed by atoms with Gasteiger partial charge in [0.15, 0.2) is 5.17 Å². The fourth-order valence-electron chi connectivity index (χ4n) is 2.43. The van der Waals surface area contributed by atoms with Gasteiger partial charge in [-0.25, -0.2) is 4.39 Å². The molecule has 1 aromatic carbocycles. The van der Waals surface area contributed by atoms with E-state index in [-0.39, 0.29) is 24.8 Å². The van der Waals surface area contributed by atoms with Crippen LogP contribution < -0.4 is 5.32 Å². The van der Waals surface area contributed by atoms with Gasteiger partial charge in [-0.2, -0.15) is 0 Å². The molecule has 0 radical (unpaired) electrons. The molecule has 7 heteroatoms. The summed E-state index contributed by atoms with van der Waals surface area (Å²) < 4.78 is 13.0. The summed E-state index contributed by atoms with van der Waals surface area (Å²) in [7, 11) is 0. The van der Waals surface area contributed by atoms with Gasteiger partial charge in [0.25, 0.3) is 0 Å². The highest BCUT2D eigenvalue weighted by atomic mass is 35.5. The molecule has 2 aliphatic heterocycles. The van der Waals surface area contributed by atoms with Gasteiger partial charge in [0, 0.05) is 31.1 Å². The summed E-state index contributed by atoms with van der Waals surface area (Å²) >= 11 is 1.72. The minimum atomic E-state index is -0.623. The summed E-state index contributed by atoms with van der Waals surface area (Å²) in [5.74, 6) is 0.959. The number of fused-ring (bicyclic) bond motifs is 1. The molecule has 1 fully saturated rings. The molecule has 3 rings (SSSR count). The van der Waals surface area contributed by atoms with Crippen LogP contribution in [0.15, 0.2) is 29.3 Å². The highest BCUT2D eigenvalue weighted by Crippen LogP contribution is 2.23. The lowest BCUT2D eigenvalue weighted by Crippen LogP contribution is -2.25. The Morgan fingerprint density at radius 2 is 2.14 bits per heavy atom. The monoisotopic (exact) mass is 351 g/mol. The molecule has 0 saturated carbocycles. The van der Waals surface area contributed by atoms with E-state index in [1.54, 1.807) is 11.8 Å². The van der Waals surface area contributed by atoms with Crippen molar-refractivity contribution in [3.63, 3.8) is 0 Å². The molecule has 0 aliphatic carbocycles. The number of amidine groups is 1. The highest BCUT2D eigenvalue weighted by molar-refractivity contribution is 8.14. The molecule has 0 amide bonds. The number of likely N-dealkylation sites (tertiary alicyclic amines) is 1. The molecule has 2 aliphatic rings. The van der Waals surface area contributed by atoms with Crippen LogP contribution in [0.25, 0.3) is 0 Å². The minimum absolute atomic E-state index is 0. The highest BCUT2D eigenvalue weighted by Gasteiger charge is 2.21. The number of nitrogens with one attached hydrogen (secondary N) is 1. The summed E-state index contributed by atoms with van der Waals surface area (Å²) in [6, 6.07) is 8.25. The topological polar surface area (TPSA) is 27.6 Å². The van der Waals surface area contributed by atoms with Crippen molar-refractivity contribution < 1.29 is 4.39 Å². The molecule has 0 aromatic heterocycles. The van der Waals surface area contributed by atoms with Crippen LogP contribution in [0.1, 0.15) is 12.0 Å². The van der Waals surface area contributed by atoms with Crippen LogP contribution >= 0.6 is 36.6 Å². The third-order valence-electron chi connectivity index (χ3n) is 3.51. The first-order valence-corrected chi connectivity index (χ1v) is 7.68. The Bertz CT molecular complexity index is 487. The Kier molecular flexibility index (Phi) is 7.81. The number of hydrogen-bond donors (Lipinski definition) is 1. The number of para-hydroxylation sites is 1. The fourth-order valence-corrected chi connectivity index (χ4v) is 3.31. The van der Waals surface area contributed by atoms with Crippen molar-refractivity contribution in [2.24, 2.45) is 4.99 Å². The van der Waals surface area contributed by atoms with E-state index in [1.165, 1.54) is 5.56 Å². The second-order valence-corrected chi connectivity index (χ2v) is 6.02. The maximum atomic E-state index is 13.0. The van der Waals surface area contributed by atoms with Gasteiger partial charge in [-0.3, -0.25) is 9.89 Å². The quantitative estimate of drug-likeness (QED) is 0.901. The standard InChI is InChI=1S/C14H18FN3S.2ClH/c15-12-5-6-18(10-12)7-8-19-14-16-9-11-3-1-2-4-13(11)17-14;;/h1-4,12H,5-10H2,(H,16,17);2*1H/t12-;;/m0../s1. The SMILES string of the molecule is Cl.Cl.F[C@H]1CCN(CCSC2=NCc3ccccc3N2)C1. The van der Waals surface area contributed by atoms with Crippen LogP contribution in [0.3, 0.4) is 0 Å². The summed E-state index contributed by atoms with van der Waals surface area (Å²) in [5, 5.41) is 4.33. The zero-order valence-electron chi connectivity index (χ0n) is 11.6. The maximum Gasteiger partial charge on any atom is 0.161 e. The lowest BCUT2D eigenvalue weighted by Gasteiger charge is -2.19. The average Bonchev–Trinajstić information content (AvgIpc) is 2.84. The molecule has 0 unspecified atom stereocenters. The number of halogens is 3. The lowest BCUT2D eigenvalue weighted by atomic mass is 10.1. The van der Waals surface area contributed by atoms with Crippen LogP contribution in [0, 0.1) is 0 Å². The van der Waals surface area contributed by atoms with E-state index in [2.05, 4.69) is 27.3 Å². The van der Waals surface area contributed by atoms with E-state index in [9.17, 15) is 4.39 Å². The molecule has 1 saturated heterocycles. The predicted octanol–water partition coefficient (Wildman–Crippen LogP) is 3.59. The van der Waals surface area contributed by atoms with Gasteiger partial charge in [0.05, 0.1) is 6.54 Å². The molecule has 21 heavy (non-hydrogen) atoms. The first-order chi connectivity index (χ1) is 9.31. The molecule has 1 aromatic rings. The Morgan fingerprint density at radius 1 is 1.33 bits per heavy atom. The molecule has 1 atom stereocenters. The minimum Gasteiger partial charge on any atom is -0.335 e. The van der Waals surface area contributed by atoms with Crippen LogP contribution in [0.2, 0.25) is 0 Å². The first kappa shape index (κ1) is 18.6.